The fourth-order valence-corrected chi connectivity index (χ4v) is 1.98. The lowest BCUT2D eigenvalue weighted by molar-refractivity contribution is -0.121. The molecule has 1 aromatic carbocycles. The average molecular weight is 318 g/mol. The molecule has 0 aromatic heterocycles. The Morgan fingerprint density at radius 3 is 2.67 bits per heavy atom. The number of nitrogens with zero attached hydrogens (tertiary/aromatic N) is 1. The van der Waals surface area contributed by atoms with Gasteiger partial charge in [-0.05, 0) is 17.7 Å². The summed E-state index contributed by atoms with van der Waals surface area (Å²) in [6, 6.07) is 5.88. The molecule has 0 radical (unpaired) electrons. The standard InChI is InChI=1S/C13H19FN2O4S/c1-16(21(3,18)19)9-13(17)15-8-12(20-2)10-5-4-6-11(14)7-10/h4-7,12H,8-9H2,1-3H3,(H,15,17). The molecule has 0 aliphatic rings. The Morgan fingerprint density at radius 1 is 1.48 bits per heavy atom. The maximum absolute atomic E-state index is 13.1. The number of rotatable bonds is 7. The zero-order valence-corrected chi connectivity index (χ0v) is 13.0. The summed E-state index contributed by atoms with van der Waals surface area (Å²) < 4.78 is 41.7. The molecule has 1 atom stereocenters. The van der Waals surface area contributed by atoms with Crippen LogP contribution in [-0.4, -0.2) is 52.1 Å². The zero-order chi connectivity index (χ0) is 16.0. The van der Waals surface area contributed by atoms with Crippen molar-refractivity contribution >= 4 is 15.9 Å². The average Bonchev–Trinajstić information content (AvgIpc) is 2.38. The highest BCUT2D eigenvalue weighted by Gasteiger charge is 2.17. The van der Waals surface area contributed by atoms with Crippen LogP contribution in [0.2, 0.25) is 0 Å². The van der Waals surface area contributed by atoms with Crippen LogP contribution in [-0.2, 0) is 19.6 Å². The highest BCUT2D eigenvalue weighted by atomic mass is 32.2. The van der Waals surface area contributed by atoms with Gasteiger partial charge in [0.1, 0.15) is 5.82 Å². The monoisotopic (exact) mass is 318 g/mol. The molecule has 0 spiro atoms. The SMILES string of the molecule is COC(CNC(=O)CN(C)S(C)(=O)=O)c1cccc(F)c1. The van der Waals surface area contributed by atoms with Crippen LogP contribution in [0.3, 0.4) is 0 Å². The van der Waals surface area contributed by atoms with Crippen molar-refractivity contribution in [3.05, 3.63) is 35.6 Å². The molecule has 6 nitrogen and oxygen atoms in total. The fourth-order valence-electron chi connectivity index (χ4n) is 1.63. The predicted molar refractivity (Wildman–Crippen MR) is 76.6 cm³/mol. The lowest BCUT2D eigenvalue weighted by atomic mass is 10.1. The van der Waals surface area contributed by atoms with Gasteiger partial charge in [0.15, 0.2) is 0 Å². The van der Waals surface area contributed by atoms with Crippen molar-refractivity contribution < 1.29 is 22.3 Å². The topological polar surface area (TPSA) is 75.7 Å². The Kier molecular flexibility index (Phi) is 6.25. The molecule has 1 unspecified atom stereocenters. The number of ether oxygens (including phenoxy) is 1. The summed E-state index contributed by atoms with van der Waals surface area (Å²) in [7, 11) is -0.645. The molecule has 1 aromatic rings. The number of nitrogens with one attached hydrogen (secondary N) is 1. The third-order valence-electron chi connectivity index (χ3n) is 2.92. The van der Waals surface area contributed by atoms with Gasteiger partial charge in [0.25, 0.3) is 0 Å². The number of sulfonamides is 1. The van der Waals surface area contributed by atoms with Crippen molar-refractivity contribution in [3.8, 4) is 0 Å². The first-order valence-corrected chi connectivity index (χ1v) is 8.05. The van der Waals surface area contributed by atoms with Crippen molar-refractivity contribution in [3.63, 3.8) is 0 Å². The second kappa shape index (κ2) is 7.48. The van der Waals surface area contributed by atoms with E-state index >= 15 is 0 Å². The maximum Gasteiger partial charge on any atom is 0.235 e. The first-order chi connectivity index (χ1) is 9.74. The lowest BCUT2D eigenvalue weighted by Crippen LogP contribution is -2.39. The summed E-state index contributed by atoms with van der Waals surface area (Å²) in [6.45, 7) is -0.158. The van der Waals surface area contributed by atoms with Crippen molar-refractivity contribution in [2.45, 2.75) is 6.10 Å². The van der Waals surface area contributed by atoms with Gasteiger partial charge in [-0.1, -0.05) is 12.1 Å². The van der Waals surface area contributed by atoms with E-state index in [0.717, 1.165) is 10.6 Å². The quantitative estimate of drug-likeness (QED) is 0.795. The minimum Gasteiger partial charge on any atom is -0.375 e. The highest BCUT2D eigenvalue weighted by Crippen LogP contribution is 2.16. The Morgan fingerprint density at radius 2 is 2.14 bits per heavy atom. The number of hydrogen-bond acceptors (Lipinski definition) is 4. The van der Waals surface area contributed by atoms with E-state index in [2.05, 4.69) is 5.32 Å². The molecule has 1 N–H and O–H groups in total. The van der Waals surface area contributed by atoms with Gasteiger partial charge < -0.3 is 10.1 Å². The normalized spacial score (nSPS) is 13.2. The molecule has 1 rings (SSSR count). The Balaban J connectivity index is 2.58. The molecular weight excluding hydrogens is 299 g/mol. The molecule has 0 saturated carbocycles. The lowest BCUT2D eigenvalue weighted by Gasteiger charge is -2.18. The van der Waals surface area contributed by atoms with E-state index in [1.54, 1.807) is 12.1 Å². The first-order valence-electron chi connectivity index (χ1n) is 6.20. The van der Waals surface area contributed by atoms with Crippen molar-refractivity contribution in [2.24, 2.45) is 0 Å². The minimum absolute atomic E-state index is 0.121. The Labute approximate surface area is 123 Å². The molecule has 21 heavy (non-hydrogen) atoms. The second-order valence-electron chi connectivity index (χ2n) is 4.60. The van der Waals surface area contributed by atoms with E-state index < -0.39 is 27.9 Å². The van der Waals surface area contributed by atoms with Gasteiger partial charge >= 0.3 is 0 Å². The number of methoxy groups -OCH3 is 1. The highest BCUT2D eigenvalue weighted by molar-refractivity contribution is 7.88. The summed E-state index contributed by atoms with van der Waals surface area (Å²) >= 11 is 0. The van der Waals surface area contributed by atoms with Crippen LogP contribution in [0.5, 0.6) is 0 Å². The molecular formula is C13H19FN2O4S. The Hall–Kier alpha value is -1.51. The van der Waals surface area contributed by atoms with Gasteiger partial charge in [-0.3, -0.25) is 4.79 Å². The van der Waals surface area contributed by atoms with Crippen LogP contribution in [0.15, 0.2) is 24.3 Å². The first kappa shape index (κ1) is 17.5. The van der Waals surface area contributed by atoms with Gasteiger partial charge in [-0.15, -0.1) is 0 Å². The minimum atomic E-state index is -3.41. The molecule has 0 fully saturated rings. The second-order valence-corrected chi connectivity index (χ2v) is 6.69. The largest absolute Gasteiger partial charge is 0.375 e. The van der Waals surface area contributed by atoms with Crippen molar-refractivity contribution in [2.75, 3.05) is 33.5 Å². The molecule has 0 aliphatic carbocycles. The fraction of sp³-hybridized carbons (Fsp3) is 0.462. The number of likely N-dealkylation sites (N-methyl/N-ethyl adjacent to an activating group) is 1. The predicted octanol–water partition coefficient (Wildman–Crippen LogP) is 0.521. The number of carbonyl (C=O) groups is 1. The zero-order valence-electron chi connectivity index (χ0n) is 12.2. The Bertz CT molecular complexity index is 592. The van der Waals surface area contributed by atoms with Gasteiger partial charge in [0.2, 0.25) is 15.9 Å². The molecule has 118 valence electrons. The van der Waals surface area contributed by atoms with Crippen molar-refractivity contribution in [1.82, 2.24) is 9.62 Å². The van der Waals surface area contributed by atoms with E-state index in [0.29, 0.717) is 5.56 Å². The van der Waals surface area contributed by atoms with Gasteiger partial charge in [0.05, 0.1) is 18.9 Å². The number of benzene rings is 1. The molecule has 0 bridgehead atoms. The summed E-state index contributed by atoms with van der Waals surface area (Å²) in [5, 5.41) is 2.56. The third kappa shape index (κ3) is 5.78. The van der Waals surface area contributed by atoms with Gasteiger partial charge in [-0.2, -0.15) is 4.31 Å². The molecule has 1 amide bonds. The number of carbonyl (C=O) groups excluding carboxylic acids is 1. The number of halogens is 1. The van der Waals surface area contributed by atoms with Crippen molar-refractivity contribution in [1.29, 1.82) is 0 Å². The van der Waals surface area contributed by atoms with Crippen LogP contribution >= 0.6 is 0 Å². The van der Waals surface area contributed by atoms with Crippen LogP contribution in [0.1, 0.15) is 11.7 Å². The molecule has 0 aliphatic heterocycles. The maximum atomic E-state index is 13.1. The smallest absolute Gasteiger partial charge is 0.235 e. The van der Waals surface area contributed by atoms with Crippen LogP contribution < -0.4 is 5.32 Å². The van der Waals surface area contributed by atoms with E-state index in [4.69, 9.17) is 4.74 Å². The summed E-state index contributed by atoms with van der Waals surface area (Å²) in [6.07, 6.45) is 0.513. The van der Waals surface area contributed by atoms with Gasteiger partial charge in [-0.25, -0.2) is 12.8 Å². The summed E-state index contributed by atoms with van der Waals surface area (Å²) in [5.41, 5.74) is 0.592. The summed E-state index contributed by atoms with van der Waals surface area (Å²) in [5.74, 6) is -0.848. The number of hydrogen-bond donors (Lipinski definition) is 1. The van der Waals surface area contributed by atoms with Crippen LogP contribution in [0.25, 0.3) is 0 Å². The van der Waals surface area contributed by atoms with E-state index in [9.17, 15) is 17.6 Å². The van der Waals surface area contributed by atoms with Crippen LogP contribution in [0.4, 0.5) is 4.39 Å². The van der Waals surface area contributed by atoms with E-state index in [1.165, 1.54) is 26.3 Å². The molecule has 8 heteroatoms. The van der Waals surface area contributed by atoms with Gasteiger partial charge in [0, 0.05) is 20.7 Å². The summed E-state index contributed by atoms with van der Waals surface area (Å²) in [4.78, 5) is 11.7. The molecule has 0 heterocycles. The molecule has 0 saturated heterocycles. The third-order valence-corrected chi connectivity index (χ3v) is 4.18. The van der Waals surface area contributed by atoms with E-state index in [1.807, 2.05) is 0 Å². The number of amides is 1. The van der Waals surface area contributed by atoms with E-state index in [-0.39, 0.29) is 13.1 Å². The van der Waals surface area contributed by atoms with Crippen LogP contribution in [0, 0.1) is 5.82 Å².